The molecule has 1 saturated carbocycles. The number of hydrogen-bond donors (Lipinski definition) is 1. The first-order valence-corrected chi connectivity index (χ1v) is 11.6. The molecule has 1 aliphatic carbocycles. The smallest absolute Gasteiger partial charge is 0.270 e. The second-order valence-corrected chi connectivity index (χ2v) is 9.37. The minimum atomic E-state index is -0.0533. The van der Waals surface area contributed by atoms with Gasteiger partial charge in [-0.05, 0) is 68.9 Å². The number of benzene rings is 1. The Morgan fingerprint density at radius 2 is 1.97 bits per heavy atom. The highest BCUT2D eigenvalue weighted by molar-refractivity contribution is 5.99. The van der Waals surface area contributed by atoms with Crippen LogP contribution in [0.3, 0.4) is 0 Å². The van der Waals surface area contributed by atoms with Crippen molar-refractivity contribution in [1.82, 2.24) is 19.8 Å². The lowest BCUT2D eigenvalue weighted by molar-refractivity contribution is 0.0696. The van der Waals surface area contributed by atoms with Crippen LogP contribution in [0.4, 0.5) is 0 Å². The van der Waals surface area contributed by atoms with Crippen molar-refractivity contribution < 1.29 is 9.59 Å². The zero-order chi connectivity index (χ0) is 22.2. The molecule has 1 N–H and O–H groups in total. The lowest BCUT2D eigenvalue weighted by atomic mass is 9.93. The Labute approximate surface area is 188 Å². The second-order valence-electron chi connectivity index (χ2n) is 9.37. The molecule has 6 nitrogen and oxygen atoms in total. The summed E-state index contributed by atoms with van der Waals surface area (Å²) in [6.45, 7) is 4.24. The highest BCUT2D eigenvalue weighted by Gasteiger charge is 2.28. The second kappa shape index (κ2) is 8.41. The van der Waals surface area contributed by atoms with Crippen LogP contribution in [0.25, 0.3) is 10.9 Å². The third-order valence-electron chi connectivity index (χ3n) is 6.84. The topological polar surface area (TPSA) is 67.2 Å². The SMILES string of the molecule is Cc1ccc2c(c1)cc(C(=O)N1CCC[C@@H](c3ccc(C(=O)NCC4CC4)cn3)C1)n2C. The zero-order valence-corrected chi connectivity index (χ0v) is 18.8. The first-order chi connectivity index (χ1) is 15.5. The van der Waals surface area contributed by atoms with Crippen molar-refractivity contribution in [3.63, 3.8) is 0 Å². The number of aryl methyl sites for hydroxylation is 2. The molecule has 1 atom stereocenters. The van der Waals surface area contributed by atoms with E-state index in [2.05, 4.69) is 35.4 Å². The molecule has 2 amide bonds. The molecule has 1 saturated heterocycles. The Hall–Kier alpha value is -3.15. The molecule has 0 bridgehead atoms. The summed E-state index contributed by atoms with van der Waals surface area (Å²) in [5.74, 6) is 0.862. The average molecular weight is 431 g/mol. The van der Waals surface area contributed by atoms with Gasteiger partial charge in [0.05, 0.1) is 5.56 Å². The number of amides is 2. The highest BCUT2D eigenvalue weighted by atomic mass is 16.2. The van der Waals surface area contributed by atoms with Crippen molar-refractivity contribution in [3.8, 4) is 0 Å². The van der Waals surface area contributed by atoms with Crippen LogP contribution in [-0.2, 0) is 7.05 Å². The Morgan fingerprint density at radius 1 is 1.12 bits per heavy atom. The summed E-state index contributed by atoms with van der Waals surface area (Å²) in [7, 11) is 1.96. The molecular formula is C26H30N4O2. The quantitative estimate of drug-likeness (QED) is 0.664. The first-order valence-electron chi connectivity index (χ1n) is 11.6. The molecule has 2 aromatic heterocycles. The molecule has 2 fully saturated rings. The molecule has 1 aromatic carbocycles. The van der Waals surface area contributed by atoms with Gasteiger partial charge in [-0.1, -0.05) is 11.6 Å². The van der Waals surface area contributed by atoms with E-state index in [0.717, 1.165) is 48.2 Å². The van der Waals surface area contributed by atoms with E-state index in [9.17, 15) is 9.59 Å². The Bertz CT molecular complexity index is 1160. The van der Waals surface area contributed by atoms with Crippen molar-refractivity contribution in [2.75, 3.05) is 19.6 Å². The van der Waals surface area contributed by atoms with Crippen LogP contribution in [0.1, 0.15) is 63.7 Å². The fourth-order valence-electron chi connectivity index (χ4n) is 4.68. The van der Waals surface area contributed by atoms with Gasteiger partial charge >= 0.3 is 0 Å². The van der Waals surface area contributed by atoms with Crippen LogP contribution >= 0.6 is 0 Å². The van der Waals surface area contributed by atoms with E-state index in [-0.39, 0.29) is 17.7 Å². The summed E-state index contributed by atoms with van der Waals surface area (Å²) in [4.78, 5) is 32.2. The molecule has 0 radical (unpaired) electrons. The summed E-state index contributed by atoms with van der Waals surface area (Å²) in [6, 6.07) is 12.1. The predicted molar refractivity (Wildman–Crippen MR) is 125 cm³/mol. The number of piperidine rings is 1. The van der Waals surface area contributed by atoms with E-state index in [1.807, 2.05) is 34.7 Å². The molecule has 6 heteroatoms. The maximum Gasteiger partial charge on any atom is 0.270 e. The maximum absolute atomic E-state index is 13.4. The van der Waals surface area contributed by atoms with E-state index in [1.54, 1.807) is 6.20 Å². The summed E-state index contributed by atoms with van der Waals surface area (Å²) in [6.07, 6.45) is 6.05. The van der Waals surface area contributed by atoms with E-state index >= 15 is 0 Å². The van der Waals surface area contributed by atoms with Gasteiger partial charge in [0.15, 0.2) is 0 Å². The van der Waals surface area contributed by atoms with Gasteiger partial charge in [-0.2, -0.15) is 0 Å². The van der Waals surface area contributed by atoms with Gasteiger partial charge in [0, 0.05) is 55.4 Å². The molecule has 166 valence electrons. The third-order valence-corrected chi connectivity index (χ3v) is 6.84. The van der Waals surface area contributed by atoms with E-state index in [1.165, 1.54) is 18.4 Å². The lowest BCUT2D eigenvalue weighted by Gasteiger charge is -2.32. The van der Waals surface area contributed by atoms with Gasteiger partial charge in [0.25, 0.3) is 11.8 Å². The van der Waals surface area contributed by atoms with Gasteiger partial charge < -0.3 is 14.8 Å². The Kier molecular flexibility index (Phi) is 5.45. The van der Waals surface area contributed by atoms with Crippen molar-refractivity contribution in [2.24, 2.45) is 13.0 Å². The monoisotopic (exact) mass is 430 g/mol. The number of nitrogens with zero attached hydrogens (tertiary/aromatic N) is 3. The highest BCUT2D eigenvalue weighted by Crippen LogP contribution is 2.29. The Balaban J connectivity index is 1.28. The number of likely N-dealkylation sites (tertiary alicyclic amines) is 1. The third kappa shape index (κ3) is 4.14. The molecule has 5 rings (SSSR count). The number of aromatic nitrogens is 2. The molecule has 0 spiro atoms. The lowest BCUT2D eigenvalue weighted by Crippen LogP contribution is -2.40. The van der Waals surface area contributed by atoms with E-state index in [0.29, 0.717) is 18.0 Å². The van der Waals surface area contributed by atoms with Crippen molar-refractivity contribution in [3.05, 3.63) is 65.1 Å². The van der Waals surface area contributed by atoms with Crippen LogP contribution in [0.15, 0.2) is 42.6 Å². The molecule has 3 heterocycles. The fourth-order valence-corrected chi connectivity index (χ4v) is 4.68. The largest absolute Gasteiger partial charge is 0.352 e. The maximum atomic E-state index is 13.4. The number of nitrogens with one attached hydrogen (secondary N) is 1. The summed E-state index contributed by atoms with van der Waals surface area (Å²) in [5, 5.41) is 4.08. The standard InChI is InChI=1S/C26H30N4O2/c1-17-5-10-23-21(12-17)13-24(29(23)2)26(32)30-11-3-4-20(16-30)22-9-8-19(15-27-22)25(31)28-14-18-6-7-18/h5,8-10,12-13,15,18,20H,3-4,6-7,11,14,16H2,1-2H3,(H,28,31)/t20-/m1/s1. The van der Waals surface area contributed by atoms with Gasteiger partial charge in [-0.3, -0.25) is 14.6 Å². The van der Waals surface area contributed by atoms with Gasteiger partial charge in [-0.15, -0.1) is 0 Å². The molecule has 0 unspecified atom stereocenters. The summed E-state index contributed by atoms with van der Waals surface area (Å²) < 4.78 is 1.99. The number of fused-ring (bicyclic) bond motifs is 1. The van der Waals surface area contributed by atoms with Crippen molar-refractivity contribution in [1.29, 1.82) is 0 Å². The number of carbonyl (C=O) groups excluding carboxylic acids is 2. The molecular weight excluding hydrogens is 400 g/mol. The van der Waals surface area contributed by atoms with E-state index in [4.69, 9.17) is 0 Å². The Morgan fingerprint density at radius 3 is 2.72 bits per heavy atom. The summed E-state index contributed by atoms with van der Waals surface area (Å²) >= 11 is 0. The van der Waals surface area contributed by atoms with Crippen LogP contribution in [0.5, 0.6) is 0 Å². The zero-order valence-electron chi connectivity index (χ0n) is 18.8. The van der Waals surface area contributed by atoms with Crippen LogP contribution in [0.2, 0.25) is 0 Å². The van der Waals surface area contributed by atoms with Crippen LogP contribution < -0.4 is 5.32 Å². The number of pyridine rings is 1. The minimum Gasteiger partial charge on any atom is -0.352 e. The van der Waals surface area contributed by atoms with Crippen LogP contribution in [0, 0.1) is 12.8 Å². The predicted octanol–water partition coefficient (Wildman–Crippen LogP) is 4.04. The minimum absolute atomic E-state index is 0.0533. The molecule has 32 heavy (non-hydrogen) atoms. The van der Waals surface area contributed by atoms with Gasteiger partial charge in [-0.25, -0.2) is 0 Å². The molecule has 1 aliphatic heterocycles. The van der Waals surface area contributed by atoms with Gasteiger partial charge in [0.2, 0.25) is 0 Å². The van der Waals surface area contributed by atoms with Crippen molar-refractivity contribution in [2.45, 2.75) is 38.5 Å². The fraction of sp³-hybridized carbons (Fsp3) is 0.423. The number of rotatable bonds is 5. The molecule has 3 aromatic rings. The first kappa shape index (κ1) is 20.7. The van der Waals surface area contributed by atoms with Crippen molar-refractivity contribution >= 4 is 22.7 Å². The van der Waals surface area contributed by atoms with Gasteiger partial charge in [0.1, 0.15) is 5.69 Å². The normalized spacial score (nSPS) is 18.7. The number of hydrogen-bond acceptors (Lipinski definition) is 3. The van der Waals surface area contributed by atoms with E-state index < -0.39 is 0 Å². The van der Waals surface area contributed by atoms with Crippen LogP contribution in [-0.4, -0.2) is 45.9 Å². The summed E-state index contributed by atoms with van der Waals surface area (Å²) in [5.41, 5.74) is 4.54. The molecule has 2 aliphatic rings. The number of carbonyl (C=O) groups is 2. The average Bonchev–Trinajstić information content (AvgIpc) is 3.59.